The molecule has 5 nitrogen and oxygen atoms in total. The van der Waals surface area contributed by atoms with E-state index in [4.69, 9.17) is 10.00 Å². The van der Waals surface area contributed by atoms with Crippen LogP contribution in [0, 0.1) is 11.3 Å². The molecule has 0 aromatic heterocycles. The molecule has 0 bridgehead atoms. The van der Waals surface area contributed by atoms with Crippen LogP contribution in [-0.4, -0.2) is 34.2 Å². The van der Waals surface area contributed by atoms with Gasteiger partial charge in [-0.25, -0.2) is 0 Å². The molecule has 0 spiro atoms. The van der Waals surface area contributed by atoms with Gasteiger partial charge in [0, 0.05) is 18.5 Å². The van der Waals surface area contributed by atoms with Crippen LogP contribution in [0.4, 0.5) is 0 Å². The molecule has 21 heavy (non-hydrogen) atoms. The standard InChI is InChI=1S/C16H18N2O3/c1-16(2)15(20)14(18-7-3-4-13(18)19)11-8-10(9-17)5-6-12(11)21-16/h5-6,8,14-15,20H,3-4,7H2,1-2H3/t14?,15-/m0/s1. The maximum absolute atomic E-state index is 12.1. The molecule has 1 amide bonds. The number of carbonyl (C=O) groups excluding carboxylic acids is 1. The number of ether oxygens (including phenoxy) is 1. The summed E-state index contributed by atoms with van der Waals surface area (Å²) >= 11 is 0. The van der Waals surface area contributed by atoms with Gasteiger partial charge in [0.15, 0.2) is 0 Å². The number of carbonyl (C=O) groups is 1. The Kier molecular flexibility index (Phi) is 3.14. The van der Waals surface area contributed by atoms with Gasteiger partial charge in [-0.05, 0) is 38.5 Å². The molecule has 3 rings (SSSR count). The average Bonchev–Trinajstić information content (AvgIpc) is 2.86. The summed E-state index contributed by atoms with van der Waals surface area (Å²) in [4.78, 5) is 13.8. The molecule has 2 aliphatic heterocycles. The van der Waals surface area contributed by atoms with Crippen molar-refractivity contribution in [1.82, 2.24) is 4.90 Å². The van der Waals surface area contributed by atoms with E-state index in [1.807, 2.05) is 13.8 Å². The fourth-order valence-corrected chi connectivity index (χ4v) is 3.14. The van der Waals surface area contributed by atoms with Gasteiger partial charge in [-0.3, -0.25) is 4.79 Å². The molecule has 0 radical (unpaired) electrons. The second kappa shape index (κ2) is 4.74. The highest BCUT2D eigenvalue weighted by atomic mass is 16.5. The largest absolute Gasteiger partial charge is 0.485 e. The van der Waals surface area contributed by atoms with Gasteiger partial charge in [-0.2, -0.15) is 5.26 Å². The Morgan fingerprint density at radius 1 is 1.48 bits per heavy atom. The Labute approximate surface area is 123 Å². The first-order valence-corrected chi connectivity index (χ1v) is 7.14. The summed E-state index contributed by atoms with van der Waals surface area (Å²) in [7, 11) is 0. The van der Waals surface area contributed by atoms with E-state index in [1.165, 1.54) is 0 Å². The van der Waals surface area contributed by atoms with Crippen molar-refractivity contribution in [3.63, 3.8) is 0 Å². The summed E-state index contributed by atoms with van der Waals surface area (Å²) in [5.41, 5.74) is 0.436. The molecule has 1 saturated heterocycles. The van der Waals surface area contributed by atoms with Gasteiger partial charge in [-0.1, -0.05) is 0 Å². The lowest BCUT2D eigenvalue weighted by Crippen LogP contribution is -2.53. The van der Waals surface area contributed by atoms with Gasteiger partial charge in [0.1, 0.15) is 17.5 Å². The number of hydrogen-bond acceptors (Lipinski definition) is 4. The summed E-state index contributed by atoms with van der Waals surface area (Å²) in [6, 6.07) is 6.79. The molecule has 2 aliphatic rings. The number of aliphatic hydroxyl groups is 1. The first kappa shape index (κ1) is 13.9. The van der Waals surface area contributed by atoms with Crippen molar-refractivity contribution in [3.8, 4) is 11.8 Å². The van der Waals surface area contributed by atoms with Crippen molar-refractivity contribution in [2.75, 3.05) is 6.54 Å². The number of likely N-dealkylation sites (tertiary alicyclic amines) is 1. The minimum Gasteiger partial charge on any atom is -0.485 e. The van der Waals surface area contributed by atoms with E-state index in [0.717, 1.165) is 12.0 Å². The van der Waals surface area contributed by atoms with Crippen molar-refractivity contribution in [3.05, 3.63) is 29.3 Å². The molecule has 1 unspecified atom stereocenters. The van der Waals surface area contributed by atoms with E-state index < -0.39 is 17.7 Å². The average molecular weight is 286 g/mol. The second-order valence-corrected chi connectivity index (χ2v) is 6.15. The van der Waals surface area contributed by atoms with Gasteiger partial charge in [0.2, 0.25) is 5.91 Å². The number of nitrogens with zero attached hydrogens (tertiary/aromatic N) is 2. The molecular formula is C16H18N2O3. The monoisotopic (exact) mass is 286 g/mol. The molecule has 2 heterocycles. The zero-order valence-corrected chi connectivity index (χ0v) is 12.2. The highest BCUT2D eigenvalue weighted by molar-refractivity contribution is 5.79. The van der Waals surface area contributed by atoms with Crippen molar-refractivity contribution >= 4 is 5.91 Å². The third-order valence-electron chi connectivity index (χ3n) is 4.29. The molecule has 5 heteroatoms. The third-order valence-corrected chi connectivity index (χ3v) is 4.29. The molecular weight excluding hydrogens is 268 g/mol. The zero-order valence-electron chi connectivity index (χ0n) is 12.2. The number of fused-ring (bicyclic) bond motifs is 1. The van der Waals surface area contributed by atoms with Gasteiger partial charge < -0.3 is 14.7 Å². The lowest BCUT2D eigenvalue weighted by atomic mass is 9.85. The molecule has 2 atom stereocenters. The van der Waals surface area contributed by atoms with Gasteiger partial charge >= 0.3 is 0 Å². The minimum absolute atomic E-state index is 0.0464. The van der Waals surface area contributed by atoms with Crippen LogP contribution in [0.25, 0.3) is 0 Å². The van der Waals surface area contributed by atoms with Crippen molar-refractivity contribution in [2.45, 2.75) is 44.4 Å². The van der Waals surface area contributed by atoms with E-state index in [9.17, 15) is 9.90 Å². The van der Waals surface area contributed by atoms with Crippen molar-refractivity contribution in [1.29, 1.82) is 5.26 Å². The number of hydrogen-bond donors (Lipinski definition) is 1. The lowest BCUT2D eigenvalue weighted by Gasteiger charge is -2.45. The predicted molar refractivity (Wildman–Crippen MR) is 75.6 cm³/mol. The SMILES string of the molecule is CC1(C)Oc2ccc(C#N)cc2C(N2CCCC2=O)[C@@H]1O. The summed E-state index contributed by atoms with van der Waals surface area (Å²) in [6.07, 6.45) is 0.481. The fourth-order valence-electron chi connectivity index (χ4n) is 3.14. The van der Waals surface area contributed by atoms with Crippen LogP contribution in [0.2, 0.25) is 0 Å². The predicted octanol–water partition coefficient (Wildman–Crippen LogP) is 1.75. The van der Waals surface area contributed by atoms with Crippen LogP contribution >= 0.6 is 0 Å². The summed E-state index contributed by atoms with van der Waals surface area (Å²) < 4.78 is 5.86. The van der Waals surface area contributed by atoms with Crippen LogP contribution in [0.15, 0.2) is 18.2 Å². The Balaban J connectivity index is 2.12. The smallest absolute Gasteiger partial charge is 0.223 e. The topological polar surface area (TPSA) is 73.6 Å². The van der Waals surface area contributed by atoms with Crippen LogP contribution in [0.5, 0.6) is 5.75 Å². The summed E-state index contributed by atoms with van der Waals surface area (Å²) in [6.45, 7) is 4.26. The fraction of sp³-hybridized carbons (Fsp3) is 0.500. The van der Waals surface area contributed by atoms with Gasteiger partial charge in [0.25, 0.3) is 0 Å². The van der Waals surface area contributed by atoms with E-state index in [1.54, 1.807) is 23.1 Å². The second-order valence-electron chi connectivity index (χ2n) is 6.15. The van der Waals surface area contributed by atoms with E-state index in [0.29, 0.717) is 24.3 Å². The number of aliphatic hydroxyl groups excluding tert-OH is 1. The maximum atomic E-state index is 12.1. The Hall–Kier alpha value is -2.06. The highest BCUT2D eigenvalue weighted by Gasteiger charge is 2.47. The van der Waals surface area contributed by atoms with Crippen molar-refractivity contribution < 1.29 is 14.6 Å². The van der Waals surface area contributed by atoms with E-state index in [-0.39, 0.29) is 5.91 Å². The zero-order chi connectivity index (χ0) is 15.2. The molecule has 1 aromatic carbocycles. The highest BCUT2D eigenvalue weighted by Crippen LogP contribution is 2.44. The lowest BCUT2D eigenvalue weighted by molar-refractivity contribution is -0.139. The number of amides is 1. The van der Waals surface area contributed by atoms with Crippen LogP contribution in [0.3, 0.4) is 0 Å². The van der Waals surface area contributed by atoms with Crippen LogP contribution < -0.4 is 4.74 Å². The Bertz CT molecular complexity index is 633. The molecule has 0 saturated carbocycles. The molecule has 0 aliphatic carbocycles. The molecule has 110 valence electrons. The minimum atomic E-state index is -0.832. The summed E-state index contributed by atoms with van der Waals surface area (Å²) in [5, 5.41) is 19.8. The quantitative estimate of drug-likeness (QED) is 0.853. The Morgan fingerprint density at radius 3 is 2.86 bits per heavy atom. The molecule has 1 fully saturated rings. The molecule has 1 aromatic rings. The van der Waals surface area contributed by atoms with Gasteiger partial charge in [0.05, 0.1) is 17.7 Å². The first-order chi connectivity index (χ1) is 9.94. The normalized spacial score (nSPS) is 27.0. The Morgan fingerprint density at radius 2 is 2.24 bits per heavy atom. The van der Waals surface area contributed by atoms with Crippen molar-refractivity contribution in [2.24, 2.45) is 0 Å². The van der Waals surface area contributed by atoms with Gasteiger partial charge in [-0.15, -0.1) is 0 Å². The van der Waals surface area contributed by atoms with Crippen LogP contribution in [-0.2, 0) is 4.79 Å². The molecule has 1 N–H and O–H groups in total. The van der Waals surface area contributed by atoms with Crippen LogP contribution in [0.1, 0.15) is 43.9 Å². The van der Waals surface area contributed by atoms with E-state index >= 15 is 0 Å². The van der Waals surface area contributed by atoms with E-state index in [2.05, 4.69) is 6.07 Å². The number of nitriles is 1. The third kappa shape index (κ3) is 2.16. The summed E-state index contributed by atoms with van der Waals surface area (Å²) in [5.74, 6) is 0.680. The number of benzene rings is 1. The first-order valence-electron chi connectivity index (χ1n) is 7.14. The number of rotatable bonds is 1. The maximum Gasteiger partial charge on any atom is 0.223 e.